The minimum Gasteiger partial charge on any atom is -0.379 e. The summed E-state index contributed by atoms with van der Waals surface area (Å²) in [5, 5.41) is 13.8. The second kappa shape index (κ2) is 9.94. The van der Waals surface area contributed by atoms with Crippen LogP contribution in [-0.4, -0.2) is 47.0 Å². The van der Waals surface area contributed by atoms with Crippen LogP contribution >= 0.6 is 27.3 Å². The van der Waals surface area contributed by atoms with E-state index in [0.29, 0.717) is 18.9 Å². The van der Waals surface area contributed by atoms with Gasteiger partial charge in [0, 0.05) is 29.0 Å². The highest BCUT2D eigenvalue weighted by atomic mass is 79.9. The molecule has 1 atom stereocenters. The van der Waals surface area contributed by atoms with Crippen LogP contribution in [-0.2, 0) is 16.9 Å². The Labute approximate surface area is 214 Å². The Morgan fingerprint density at radius 2 is 1.65 bits per heavy atom. The molecule has 3 aromatic rings. The van der Waals surface area contributed by atoms with Gasteiger partial charge in [0.1, 0.15) is 5.60 Å². The number of nitrogens with zero attached hydrogens (tertiary/aromatic N) is 2. The van der Waals surface area contributed by atoms with Crippen molar-refractivity contribution in [3.63, 3.8) is 0 Å². The number of piperidine rings is 1. The molecule has 2 aromatic carbocycles. The van der Waals surface area contributed by atoms with Crippen molar-refractivity contribution in [1.29, 1.82) is 0 Å². The summed E-state index contributed by atoms with van der Waals surface area (Å²) in [6, 6.07) is 22.3. The van der Waals surface area contributed by atoms with Gasteiger partial charge in [-0.15, -0.1) is 11.3 Å². The molecular weight excluding hydrogens is 508 g/mol. The first-order chi connectivity index (χ1) is 16.5. The van der Waals surface area contributed by atoms with Crippen LogP contribution in [0.15, 0.2) is 76.6 Å². The van der Waals surface area contributed by atoms with E-state index in [1.54, 1.807) is 11.3 Å². The van der Waals surface area contributed by atoms with E-state index in [9.17, 15) is 9.90 Å². The predicted molar refractivity (Wildman–Crippen MR) is 141 cm³/mol. The molecule has 0 bridgehead atoms. The smallest absolute Gasteiger partial charge is 0.229 e. The fraction of sp³-hybridized carbons (Fsp3) is 0.393. The van der Waals surface area contributed by atoms with Crippen LogP contribution in [0.25, 0.3) is 0 Å². The minimum absolute atomic E-state index is 0.199. The van der Waals surface area contributed by atoms with Gasteiger partial charge in [-0.1, -0.05) is 64.5 Å². The van der Waals surface area contributed by atoms with Gasteiger partial charge >= 0.3 is 0 Å². The molecule has 0 saturated carbocycles. The van der Waals surface area contributed by atoms with Crippen molar-refractivity contribution >= 4 is 33.2 Å². The van der Waals surface area contributed by atoms with Crippen LogP contribution < -0.4 is 0 Å². The van der Waals surface area contributed by atoms with Crippen molar-refractivity contribution in [3.05, 3.63) is 92.6 Å². The largest absolute Gasteiger partial charge is 0.379 e. The third kappa shape index (κ3) is 4.74. The molecule has 1 spiro atoms. The molecule has 34 heavy (non-hydrogen) atoms. The average Bonchev–Trinajstić information content (AvgIpc) is 3.51. The first-order valence-corrected chi connectivity index (χ1v) is 13.7. The lowest BCUT2D eigenvalue weighted by atomic mass is 9.77. The van der Waals surface area contributed by atoms with Gasteiger partial charge < -0.3 is 14.9 Å². The van der Waals surface area contributed by atoms with E-state index in [2.05, 4.69) is 33.0 Å². The summed E-state index contributed by atoms with van der Waals surface area (Å²) in [5.41, 5.74) is 0.949. The molecule has 1 unspecified atom stereocenters. The summed E-state index contributed by atoms with van der Waals surface area (Å²) in [6.07, 6.45) is 3.42. The lowest BCUT2D eigenvalue weighted by molar-refractivity contribution is -0.139. The van der Waals surface area contributed by atoms with E-state index in [1.807, 2.05) is 64.9 Å². The first kappa shape index (κ1) is 23.7. The van der Waals surface area contributed by atoms with Gasteiger partial charge in [0.15, 0.2) is 0 Å². The second-order valence-electron chi connectivity index (χ2n) is 9.68. The Balaban J connectivity index is 1.20. The summed E-state index contributed by atoms with van der Waals surface area (Å²) < 4.78 is 1.06. The quantitative estimate of drug-likeness (QED) is 0.422. The van der Waals surface area contributed by atoms with Gasteiger partial charge in [-0.05, 0) is 73.5 Å². The number of carbonyl (C=O) groups excluding carboxylic acids is 1. The predicted octanol–water partition coefficient (Wildman–Crippen LogP) is 5.65. The Bertz CT molecular complexity index is 1100. The van der Waals surface area contributed by atoms with Gasteiger partial charge in [-0.3, -0.25) is 4.79 Å². The van der Waals surface area contributed by atoms with Crippen LogP contribution in [0, 0.1) is 5.41 Å². The monoisotopic (exact) mass is 538 g/mol. The molecule has 1 N–H and O–H groups in total. The van der Waals surface area contributed by atoms with Crippen molar-refractivity contribution in [1.82, 2.24) is 9.80 Å². The molecule has 2 saturated heterocycles. The SMILES string of the molecule is O=C1N(Cc2ccc(Br)cc2)CCC12CCN(CCC(O)(c1ccccc1)c1cccs1)CC2. The van der Waals surface area contributed by atoms with Crippen LogP contribution in [0.4, 0.5) is 0 Å². The van der Waals surface area contributed by atoms with Crippen LogP contribution in [0.3, 0.4) is 0 Å². The second-order valence-corrected chi connectivity index (χ2v) is 11.5. The third-order valence-corrected chi connectivity index (χ3v) is 9.22. The van der Waals surface area contributed by atoms with E-state index < -0.39 is 5.60 Å². The van der Waals surface area contributed by atoms with Crippen molar-refractivity contribution in [2.45, 2.75) is 37.8 Å². The molecule has 3 heterocycles. The van der Waals surface area contributed by atoms with Crippen molar-refractivity contribution in [2.24, 2.45) is 5.41 Å². The standard InChI is InChI=1S/C28H31BrN2O2S/c29-24-10-8-22(9-11-24)21-31-19-14-27(26(31)32)12-16-30(17-13-27)18-15-28(33,25-7-4-20-34-25)23-5-2-1-3-6-23/h1-11,20,33H,12-19,21H2. The average molecular weight is 540 g/mol. The first-order valence-electron chi connectivity index (χ1n) is 12.1. The highest BCUT2D eigenvalue weighted by Crippen LogP contribution is 2.43. The van der Waals surface area contributed by atoms with Gasteiger partial charge in [-0.25, -0.2) is 0 Å². The molecule has 1 amide bonds. The highest BCUT2D eigenvalue weighted by molar-refractivity contribution is 9.10. The number of aliphatic hydroxyl groups is 1. The van der Waals surface area contributed by atoms with Gasteiger partial charge in [-0.2, -0.15) is 0 Å². The number of thiophene rings is 1. The Kier molecular flexibility index (Phi) is 6.94. The van der Waals surface area contributed by atoms with E-state index in [4.69, 9.17) is 0 Å². The molecule has 4 nitrogen and oxygen atoms in total. The lowest BCUT2D eigenvalue weighted by Crippen LogP contribution is -2.45. The summed E-state index contributed by atoms with van der Waals surface area (Å²) in [4.78, 5) is 18.8. The molecule has 2 aliphatic heterocycles. The maximum Gasteiger partial charge on any atom is 0.229 e. The number of halogens is 1. The topological polar surface area (TPSA) is 43.8 Å². The highest BCUT2D eigenvalue weighted by Gasteiger charge is 2.48. The summed E-state index contributed by atoms with van der Waals surface area (Å²) in [6.45, 7) is 4.18. The lowest BCUT2D eigenvalue weighted by Gasteiger charge is -2.39. The molecule has 0 radical (unpaired) electrons. The Morgan fingerprint density at radius 3 is 2.32 bits per heavy atom. The molecule has 178 valence electrons. The zero-order valence-corrected chi connectivity index (χ0v) is 21.7. The molecule has 6 heteroatoms. The number of hydrogen-bond donors (Lipinski definition) is 1. The van der Waals surface area contributed by atoms with E-state index in [0.717, 1.165) is 60.4 Å². The van der Waals surface area contributed by atoms with Gasteiger partial charge in [0.05, 0.1) is 5.41 Å². The molecule has 1 aromatic heterocycles. The summed E-state index contributed by atoms with van der Waals surface area (Å²) >= 11 is 5.09. The summed E-state index contributed by atoms with van der Waals surface area (Å²) in [5.74, 6) is 0.328. The van der Waals surface area contributed by atoms with Crippen LogP contribution in [0.1, 0.15) is 41.7 Å². The number of carbonyl (C=O) groups is 1. The van der Waals surface area contributed by atoms with Crippen LogP contribution in [0.5, 0.6) is 0 Å². The maximum absolute atomic E-state index is 13.4. The number of benzene rings is 2. The fourth-order valence-electron chi connectivity index (χ4n) is 5.48. The number of hydrogen-bond acceptors (Lipinski definition) is 4. The molecule has 5 rings (SSSR count). The van der Waals surface area contributed by atoms with E-state index >= 15 is 0 Å². The zero-order chi connectivity index (χ0) is 23.6. The maximum atomic E-state index is 13.4. The Morgan fingerprint density at radius 1 is 0.941 bits per heavy atom. The summed E-state index contributed by atoms with van der Waals surface area (Å²) in [7, 11) is 0. The number of rotatable bonds is 7. The molecule has 0 aliphatic carbocycles. The minimum atomic E-state index is -0.977. The third-order valence-electron chi connectivity index (χ3n) is 7.67. The number of likely N-dealkylation sites (tertiary alicyclic amines) is 2. The Hall–Kier alpha value is -1.99. The normalized spacial score (nSPS) is 20.1. The van der Waals surface area contributed by atoms with E-state index in [-0.39, 0.29) is 5.41 Å². The van der Waals surface area contributed by atoms with Crippen molar-refractivity contribution < 1.29 is 9.90 Å². The molecule has 2 fully saturated rings. The molecular formula is C28H31BrN2O2S. The molecule has 2 aliphatic rings. The number of amides is 1. The van der Waals surface area contributed by atoms with Gasteiger partial charge in [0.25, 0.3) is 0 Å². The van der Waals surface area contributed by atoms with Gasteiger partial charge in [0.2, 0.25) is 5.91 Å². The van der Waals surface area contributed by atoms with Crippen molar-refractivity contribution in [3.8, 4) is 0 Å². The fourth-order valence-corrected chi connectivity index (χ4v) is 6.62. The van der Waals surface area contributed by atoms with Crippen molar-refractivity contribution in [2.75, 3.05) is 26.2 Å². The van der Waals surface area contributed by atoms with E-state index in [1.165, 1.54) is 5.56 Å². The van der Waals surface area contributed by atoms with Crippen LogP contribution in [0.2, 0.25) is 0 Å². The zero-order valence-electron chi connectivity index (χ0n) is 19.3.